The minimum Gasteiger partial charge on any atom is -0.476 e. The molecule has 1 saturated carbocycles. The van der Waals surface area contributed by atoms with Gasteiger partial charge in [0.25, 0.3) is 0 Å². The molecule has 2 fully saturated rings. The van der Waals surface area contributed by atoms with Crippen molar-refractivity contribution in [3.8, 4) is 17.1 Å². The summed E-state index contributed by atoms with van der Waals surface area (Å²) >= 11 is 13.0. The lowest BCUT2D eigenvalue weighted by molar-refractivity contribution is 0.0104. The van der Waals surface area contributed by atoms with Gasteiger partial charge in [0.15, 0.2) is 5.69 Å². The molecular weight excluding hydrogens is 593 g/mol. The summed E-state index contributed by atoms with van der Waals surface area (Å²) in [6, 6.07) is 10.6. The normalized spacial score (nSPS) is 16.6. The lowest BCUT2D eigenvalue weighted by Gasteiger charge is -2.40. The maximum Gasteiger partial charge on any atom is 0.356 e. The van der Waals surface area contributed by atoms with E-state index in [1.54, 1.807) is 35.0 Å². The maximum absolute atomic E-state index is 11.7. The number of ether oxygens (including phenoxy) is 1. The summed E-state index contributed by atoms with van der Waals surface area (Å²) < 4.78 is 13.6. The van der Waals surface area contributed by atoms with Gasteiger partial charge >= 0.3 is 5.97 Å². The van der Waals surface area contributed by atoms with E-state index in [1.165, 1.54) is 0 Å². The Balaban J connectivity index is 1.18. The zero-order chi connectivity index (χ0) is 30.5. The Hall–Kier alpha value is -3.60. The van der Waals surface area contributed by atoms with Crippen LogP contribution in [0.4, 0.5) is 5.82 Å². The summed E-state index contributed by atoms with van der Waals surface area (Å²) in [5.74, 6) is 1.19. The van der Waals surface area contributed by atoms with Crippen molar-refractivity contribution < 1.29 is 24.3 Å². The summed E-state index contributed by atoms with van der Waals surface area (Å²) in [6.45, 7) is 7.04. The van der Waals surface area contributed by atoms with Crippen LogP contribution in [0.2, 0.25) is 10.0 Å². The number of nitrogens with zero attached hydrogens (tertiary/aromatic N) is 5. The van der Waals surface area contributed by atoms with E-state index in [9.17, 15) is 15.0 Å². The molecular formula is C31H33Cl2N5O5. The molecule has 4 aromatic rings. The van der Waals surface area contributed by atoms with E-state index in [0.29, 0.717) is 64.7 Å². The molecule has 3 aromatic heterocycles. The number of benzene rings is 1. The minimum atomic E-state index is -1.08. The number of carboxylic acids is 1. The third kappa shape index (κ3) is 5.71. The number of carbonyl (C=O) groups is 1. The summed E-state index contributed by atoms with van der Waals surface area (Å²) in [6.07, 6.45) is 2.96. The fourth-order valence-electron chi connectivity index (χ4n) is 5.78. The quantitative estimate of drug-likeness (QED) is 0.207. The first-order valence-electron chi connectivity index (χ1n) is 14.4. The van der Waals surface area contributed by atoms with Gasteiger partial charge in [0, 0.05) is 54.0 Å². The number of pyridine rings is 1. The molecule has 0 unspecified atom stereocenters. The van der Waals surface area contributed by atoms with Gasteiger partial charge < -0.3 is 24.4 Å². The van der Waals surface area contributed by atoms with E-state index >= 15 is 0 Å². The van der Waals surface area contributed by atoms with E-state index < -0.39 is 11.6 Å². The van der Waals surface area contributed by atoms with Crippen molar-refractivity contribution in [2.45, 2.75) is 70.6 Å². The first-order chi connectivity index (χ1) is 20.6. The number of rotatable bonds is 9. The summed E-state index contributed by atoms with van der Waals surface area (Å²) in [5.41, 5.74) is 2.35. The first-order valence-corrected chi connectivity index (χ1v) is 15.1. The number of aromatic carboxylic acids is 1. The van der Waals surface area contributed by atoms with Gasteiger partial charge in [-0.25, -0.2) is 14.5 Å². The molecule has 12 heteroatoms. The van der Waals surface area contributed by atoms with Crippen LogP contribution in [0.1, 0.15) is 84.6 Å². The molecule has 226 valence electrons. The van der Waals surface area contributed by atoms with Crippen LogP contribution in [0.5, 0.6) is 5.88 Å². The second kappa shape index (κ2) is 11.5. The molecule has 43 heavy (non-hydrogen) atoms. The molecule has 1 aromatic carbocycles. The fourth-order valence-corrected chi connectivity index (χ4v) is 6.36. The highest BCUT2D eigenvalue weighted by Gasteiger charge is 2.37. The molecule has 0 amide bonds. The standard InChI is InChI=1S/C31H33Cl2N5O5/c1-17(2)38-26(15-24(35-38)30(39)40)37-13-11-31(41,12-14-37)21-9-10-25(34-18(21)3)42-16-20-28(36-43-29(20)19-7-8-19)27-22(32)5-4-6-23(27)33/h4-6,9-10,15,17,19,41H,7-8,11-14,16H2,1-3H3,(H,39,40). The third-order valence-corrected chi connectivity index (χ3v) is 8.86. The predicted molar refractivity (Wildman–Crippen MR) is 162 cm³/mol. The lowest BCUT2D eigenvalue weighted by Crippen LogP contribution is -2.44. The van der Waals surface area contributed by atoms with E-state index in [0.717, 1.165) is 35.5 Å². The van der Waals surface area contributed by atoms with Gasteiger partial charge in [0.1, 0.15) is 23.9 Å². The molecule has 4 heterocycles. The molecule has 0 radical (unpaired) electrons. The fraction of sp³-hybridized carbons (Fsp3) is 0.419. The molecule has 6 rings (SSSR count). The van der Waals surface area contributed by atoms with Crippen LogP contribution < -0.4 is 9.64 Å². The Morgan fingerprint density at radius 1 is 1.16 bits per heavy atom. The number of piperidine rings is 1. The monoisotopic (exact) mass is 625 g/mol. The zero-order valence-corrected chi connectivity index (χ0v) is 25.7. The third-order valence-electron chi connectivity index (χ3n) is 8.23. The van der Waals surface area contributed by atoms with Crippen molar-refractivity contribution in [2.75, 3.05) is 18.0 Å². The predicted octanol–water partition coefficient (Wildman–Crippen LogP) is 6.77. The van der Waals surface area contributed by atoms with Gasteiger partial charge in [-0.2, -0.15) is 5.10 Å². The van der Waals surface area contributed by atoms with E-state index in [4.69, 9.17) is 32.5 Å². The minimum absolute atomic E-state index is 0.00108. The van der Waals surface area contributed by atoms with Gasteiger partial charge in [0.2, 0.25) is 5.88 Å². The molecule has 10 nitrogen and oxygen atoms in total. The maximum atomic E-state index is 11.7. The topological polar surface area (TPSA) is 127 Å². The van der Waals surface area contributed by atoms with Crippen molar-refractivity contribution in [2.24, 2.45) is 0 Å². The highest BCUT2D eigenvalue weighted by Crippen LogP contribution is 2.46. The smallest absolute Gasteiger partial charge is 0.356 e. The Bertz CT molecular complexity index is 1650. The van der Waals surface area contributed by atoms with Gasteiger partial charge in [-0.15, -0.1) is 0 Å². The number of aryl methyl sites for hydroxylation is 1. The van der Waals surface area contributed by atoms with Crippen molar-refractivity contribution in [3.05, 3.63) is 74.7 Å². The number of aliphatic hydroxyl groups is 1. The Morgan fingerprint density at radius 3 is 2.47 bits per heavy atom. The average Bonchev–Trinajstić information content (AvgIpc) is 3.56. The first kappa shape index (κ1) is 29.5. The van der Waals surface area contributed by atoms with Gasteiger partial charge in [-0.1, -0.05) is 34.4 Å². The number of aromatic nitrogens is 4. The number of carboxylic acid groups (broad SMARTS) is 1. The number of halogens is 2. The van der Waals surface area contributed by atoms with Crippen LogP contribution >= 0.6 is 23.2 Å². The van der Waals surface area contributed by atoms with Crippen LogP contribution in [-0.2, 0) is 12.2 Å². The average molecular weight is 627 g/mol. The van der Waals surface area contributed by atoms with Crippen LogP contribution in [-0.4, -0.2) is 49.2 Å². The van der Waals surface area contributed by atoms with Crippen molar-refractivity contribution in [3.63, 3.8) is 0 Å². The zero-order valence-electron chi connectivity index (χ0n) is 24.2. The van der Waals surface area contributed by atoms with Crippen molar-refractivity contribution >= 4 is 35.0 Å². The second-order valence-corrected chi connectivity index (χ2v) is 12.4. The molecule has 1 saturated heterocycles. The molecule has 1 aliphatic carbocycles. The SMILES string of the molecule is Cc1nc(OCc2c(-c3c(Cl)cccc3Cl)noc2C2CC2)ccc1C1(O)CCN(c2cc(C(=O)O)nn2C(C)C)CC1. The Kier molecular flexibility index (Phi) is 7.87. The van der Waals surface area contributed by atoms with Gasteiger partial charge in [-0.05, 0) is 64.7 Å². The summed E-state index contributed by atoms with van der Waals surface area (Å²) in [7, 11) is 0. The van der Waals surface area contributed by atoms with E-state index in [1.807, 2.05) is 26.8 Å². The molecule has 1 aliphatic heterocycles. The van der Waals surface area contributed by atoms with Gasteiger partial charge in [0.05, 0.1) is 21.2 Å². The number of anilines is 1. The molecule has 0 spiro atoms. The van der Waals surface area contributed by atoms with Crippen LogP contribution in [0.15, 0.2) is 40.9 Å². The van der Waals surface area contributed by atoms with Crippen molar-refractivity contribution in [1.82, 2.24) is 19.9 Å². The lowest BCUT2D eigenvalue weighted by atomic mass is 9.83. The van der Waals surface area contributed by atoms with Crippen LogP contribution in [0.25, 0.3) is 11.3 Å². The number of hydrogen-bond acceptors (Lipinski definition) is 8. The highest BCUT2D eigenvalue weighted by atomic mass is 35.5. The highest BCUT2D eigenvalue weighted by molar-refractivity contribution is 6.39. The molecule has 2 aliphatic rings. The van der Waals surface area contributed by atoms with Crippen LogP contribution in [0.3, 0.4) is 0 Å². The molecule has 0 bridgehead atoms. The largest absolute Gasteiger partial charge is 0.476 e. The summed E-state index contributed by atoms with van der Waals surface area (Å²) in [5, 5.41) is 30.7. The van der Waals surface area contributed by atoms with Crippen molar-refractivity contribution in [1.29, 1.82) is 0 Å². The molecule has 2 N–H and O–H groups in total. The Morgan fingerprint density at radius 2 is 1.86 bits per heavy atom. The van der Waals surface area contributed by atoms with E-state index in [2.05, 4.69) is 20.1 Å². The number of hydrogen-bond donors (Lipinski definition) is 2. The van der Waals surface area contributed by atoms with Gasteiger partial charge in [-0.3, -0.25) is 0 Å². The Labute approximate surface area is 259 Å². The molecule has 0 atom stereocenters. The van der Waals surface area contributed by atoms with Crippen LogP contribution in [0, 0.1) is 6.92 Å². The second-order valence-electron chi connectivity index (χ2n) is 11.6. The summed E-state index contributed by atoms with van der Waals surface area (Å²) in [4.78, 5) is 18.3. The van der Waals surface area contributed by atoms with E-state index in [-0.39, 0.29) is 18.3 Å².